The number of rotatable bonds is 4. The Morgan fingerprint density at radius 3 is 2.59 bits per heavy atom. The number of nitrogens with two attached hydrogens (primary N) is 1. The summed E-state index contributed by atoms with van der Waals surface area (Å²) in [5.74, 6) is 1.24. The quantitative estimate of drug-likeness (QED) is 0.872. The smallest absolute Gasteiger partial charge is 0.237 e. The van der Waals surface area contributed by atoms with E-state index in [0.717, 1.165) is 12.2 Å². The van der Waals surface area contributed by atoms with Crippen LogP contribution in [-0.4, -0.2) is 16.0 Å². The first-order chi connectivity index (χ1) is 8.24. The summed E-state index contributed by atoms with van der Waals surface area (Å²) in [6.45, 7) is 1.99. The van der Waals surface area contributed by atoms with E-state index in [1.807, 2.05) is 31.2 Å². The van der Waals surface area contributed by atoms with E-state index in [4.69, 9.17) is 10.5 Å². The molecule has 0 fully saturated rings. The average Bonchev–Trinajstić information content (AvgIpc) is 2.32. The van der Waals surface area contributed by atoms with Crippen LogP contribution in [0.25, 0.3) is 0 Å². The van der Waals surface area contributed by atoms with Gasteiger partial charge in [-0.05, 0) is 31.0 Å². The standard InChI is InChI=1S/C13H15N3O/c1-10(14)8-11-2-4-12(5-3-11)17-13-9-15-6-7-16-13/h2-7,9-10H,8,14H2,1H3. The number of benzene rings is 1. The van der Waals surface area contributed by atoms with Gasteiger partial charge in [0, 0.05) is 18.4 Å². The number of ether oxygens (including phenoxy) is 1. The summed E-state index contributed by atoms with van der Waals surface area (Å²) in [7, 11) is 0. The van der Waals surface area contributed by atoms with Crippen molar-refractivity contribution in [2.75, 3.05) is 0 Å². The van der Waals surface area contributed by atoms with Crippen LogP contribution in [0.4, 0.5) is 0 Å². The Hall–Kier alpha value is -1.94. The lowest BCUT2D eigenvalue weighted by Gasteiger charge is -2.07. The van der Waals surface area contributed by atoms with Crippen molar-refractivity contribution in [2.45, 2.75) is 19.4 Å². The van der Waals surface area contributed by atoms with Gasteiger partial charge in [-0.1, -0.05) is 12.1 Å². The second kappa shape index (κ2) is 5.41. The van der Waals surface area contributed by atoms with E-state index in [1.165, 1.54) is 5.56 Å². The summed E-state index contributed by atoms with van der Waals surface area (Å²) in [6, 6.07) is 8.00. The summed E-state index contributed by atoms with van der Waals surface area (Å²) in [5, 5.41) is 0. The molecule has 0 radical (unpaired) electrons. The first-order valence-electron chi connectivity index (χ1n) is 5.52. The van der Waals surface area contributed by atoms with Gasteiger partial charge in [0.25, 0.3) is 0 Å². The molecule has 1 aromatic heterocycles. The SMILES string of the molecule is CC(N)Cc1ccc(Oc2cnccn2)cc1. The second-order valence-corrected chi connectivity index (χ2v) is 3.97. The molecule has 2 N–H and O–H groups in total. The van der Waals surface area contributed by atoms with Gasteiger partial charge < -0.3 is 10.5 Å². The highest BCUT2D eigenvalue weighted by atomic mass is 16.5. The molecular weight excluding hydrogens is 214 g/mol. The third kappa shape index (κ3) is 3.53. The van der Waals surface area contributed by atoms with Crippen LogP contribution in [0.3, 0.4) is 0 Å². The van der Waals surface area contributed by atoms with Gasteiger partial charge in [-0.15, -0.1) is 0 Å². The molecule has 0 spiro atoms. The minimum atomic E-state index is 0.168. The molecule has 4 nitrogen and oxygen atoms in total. The highest BCUT2D eigenvalue weighted by molar-refractivity contribution is 5.30. The van der Waals surface area contributed by atoms with Crippen molar-refractivity contribution in [1.82, 2.24) is 9.97 Å². The predicted octanol–water partition coefficient (Wildman–Crippen LogP) is 2.16. The lowest BCUT2D eigenvalue weighted by Crippen LogP contribution is -2.17. The molecule has 1 heterocycles. The lowest BCUT2D eigenvalue weighted by atomic mass is 10.1. The number of nitrogens with zero attached hydrogens (tertiary/aromatic N) is 2. The van der Waals surface area contributed by atoms with Gasteiger partial charge in [-0.2, -0.15) is 0 Å². The van der Waals surface area contributed by atoms with Gasteiger partial charge in [0.15, 0.2) is 0 Å². The van der Waals surface area contributed by atoms with Crippen LogP contribution in [0.15, 0.2) is 42.9 Å². The zero-order valence-corrected chi connectivity index (χ0v) is 9.71. The first kappa shape index (κ1) is 11.5. The van der Waals surface area contributed by atoms with Gasteiger partial charge in [0.1, 0.15) is 5.75 Å². The van der Waals surface area contributed by atoms with Crippen LogP contribution in [-0.2, 0) is 6.42 Å². The maximum Gasteiger partial charge on any atom is 0.237 e. The highest BCUT2D eigenvalue weighted by Crippen LogP contribution is 2.18. The number of aromatic nitrogens is 2. The molecule has 0 amide bonds. The van der Waals surface area contributed by atoms with E-state index in [1.54, 1.807) is 18.6 Å². The summed E-state index contributed by atoms with van der Waals surface area (Å²) >= 11 is 0. The minimum absolute atomic E-state index is 0.168. The molecule has 1 atom stereocenters. The minimum Gasteiger partial charge on any atom is -0.438 e. The van der Waals surface area contributed by atoms with Crippen molar-refractivity contribution in [3.63, 3.8) is 0 Å². The lowest BCUT2D eigenvalue weighted by molar-refractivity contribution is 0.460. The molecule has 88 valence electrons. The molecule has 0 saturated heterocycles. The van der Waals surface area contributed by atoms with Crippen molar-refractivity contribution in [1.29, 1.82) is 0 Å². The zero-order chi connectivity index (χ0) is 12.1. The highest BCUT2D eigenvalue weighted by Gasteiger charge is 2.00. The molecule has 0 bridgehead atoms. The number of hydrogen-bond acceptors (Lipinski definition) is 4. The topological polar surface area (TPSA) is 61.0 Å². The molecular formula is C13H15N3O. The molecule has 0 aliphatic heterocycles. The molecule has 0 aliphatic rings. The summed E-state index contributed by atoms with van der Waals surface area (Å²) in [6.07, 6.45) is 5.65. The van der Waals surface area contributed by atoms with E-state index < -0.39 is 0 Å². The van der Waals surface area contributed by atoms with Gasteiger partial charge in [0.05, 0.1) is 6.20 Å². The Labute approximate surface area is 100 Å². The molecule has 0 saturated carbocycles. The number of hydrogen-bond donors (Lipinski definition) is 1. The fourth-order valence-corrected chi connectivity index (χ4v) is 1.52. The Morgan fingerprint density at radius 2 is 2.00 bits per heavy atom. The van der Waals surface area contributed by atoms with E-state index in [2.05, 4.69) is 9.97 Å². The molecule has 1 unspecified atom stereocenters. The van der Waals surface area contributed by atoms with Gasteiger partial charge >= 0.3 is 0 Å². The fourth-order valence-electron chi connectivity index (χ4n) is 1.52. The monoisotopic (exact) mass is 229 g/mol. The Balaban J connectivity index is 2.03. The third-order valence-corrected chi connectivity index (χ3v) is 2.24. The molecule has 2 aromatic rings. The molecule has 2 rings (SSSR count). The molecule has 17 heavy (non-hydrogen) atoms. The van der Waals surface area contributed by atoms with Crippen LogP contribution < -0.4 is 10.5 Å². The van der Waals surface area contributed by atoms with Crippen molar-refractivity contribution in [3.8, 4) is 11.6 Å². The van der Waals surface area contributed by atoms with Crippen LogP contribution in [0.5, 0.6) is 11.6 Å². The summed E-state index contributed by atoms with van der Waals surface area (Å²) in [4.78, 5) is 7.97. The predicted molar refractivity (Wildman–Crippen MR) is 65.9 cm³/mol. The van der Waals surface area contributed by atoms with Crippen LogP contribution in [0, 0.1) is 0 Å². The maximum absolute atomic E-state index is 5.74. The summed E-state index contributed by atoms with van der Waals surface area (Å²) in [5.41, 5.74) is 6.94. The molecule has 0 aliphatic carbocycles. The summed E-state index contributed by atoms with van der Waals surface area (Å²) < 4.78 is 5.53. The Morgan fingerprint density at radius 1 is 1.24 bits per heavy atom. The third-order valence-electron chi connectivity index (χ3n) is 2.24. The van der Waals surface area contributed by atoms with Crippen LogP contribution in [0.2, 0.25) is 0 Å². The van der Waals surface area contributed by atoms with Crippen molar-refractivity contribution in [3.05, 3.63) is 48.4 Å². The largest absolute Gasteiger partial charge is 0.438 e. The van der Waals surface area contributed by atoms with E-state index >= 15 is 0 Å². The van der Waals surface area contributed by atoms with Crippen LogP contribution in [0.1, 0.15) is 12.5 Å². The van der Waals surface area contributed by atoms with Gasteiger partial charge in [-0.3, -0.25) is 4.98 Å². The maximum atomic E-state index is 5.74. The Kier molecular flexibility index (Phi) is 3.67. The van der Waals surface area contributed by atoms with Gasteiger partial charge in [-0.25, -0.2) is 4.98 Å². The average molecular weight is 229 g/mol. The Bertz CT molecular complexity index is 454. The normalized spacial score (nSPS) is 12.1. The molecule has 4 heteroatoms. The second-order valence-electron chi connectivity index (χ2n) is 3.97. The van der Waals surface area contributed by atoms with Crippen molar-refractivity contribution in [2.24, 2.45) is 5.73 Å². The first-order valence-corrected chi connectivity index (χ1v) is 5.52. The van der Waals surface area contributed by atoms with E-state index in [-0.39, 0.29) is 6.04 Å². The van der Waals surface area contributed by atoms with E-state index in [0.29, 0.717) is 5.88 Å². The van der Waals surface area contributed by atoms with Crippen LogP contribution >= 0.6 is 0 Å². The fraction of sp³-hybridized carbons (Fsp3) is 0.231. The van der Waals surface area contributed by atoms with Crippen molar-refractivity contribution < 1.29 is 4.74 Å². The van der Waals surface area contributed by atoms with Gasteiger partial charge in [0.2, 0.25) is 5.88 Å². The molecule has 1 aromatic carbocycles. The zero-order valence-electron chi connectivity index (χ0n) is 9.71. The van der Waals surface area contributed by atoms with Crippen molar-refractivity contribution >= 4 is 0 Å². The van der Waals surface area contributed by atoms with E-state index in [9.17, 15) is 0 Å².